The summed E-state index contributed by atoms with van der Waals surface area (Å²) in [6.45, 7) is 1.55. The lowest BCUT2D eigenvalue weighted by Crippen LogP contribution is -2.43. The molecule has 1 aliphatic heterocycles. The number of rotatable bonds is 2. The minimum absolute atomic E-state index is 0.209. The van der Waals surface area contributed by atoms with Crippen molar-refractivity contribution in [3.05, 3.63) is 34.9 Å². The number of ether oxygens (including phenoxy) is 1. The predicted octanol–water partition coefficient (Wildman–Crippen LogP) is 1.88. The summed E-state index contributed by atoms with van der Waals surface area (Å²) in [7, 11) is 0. The van der Waals surface area contributed by atoms with Gasteiger partial charge in [0.1, 0.15) is 12.6 Å². The molecular formula is C11H11ClN2O3. The van der Waals surface area contributed by atoms with Crippen molar-refractivity contribution in [2.45, 2.75) is 13.0 Å². The van der Waals surface area contributed by atoms with Crippen molar-refractivity contribution in [1.29, 1.82) is 0 Å². The number of cyclic esters (lactones) is 1. The lowest BCUT2D eigenvalue weighted by Gasteiger charge is -2.21. The van der Waals surface area contributed by atoms with E-state index in [2.05, 4.69) is 5.43 Å². The number of benzene rings is 1. The van der Waals surface area contributed by atoms with Crippen LogP contribution in [0.2, 0.25) is 5.02 Å². The molecule has 0 aromatic heterocycles. The summed E-state index contributed by atoms with van der Waals surface area (Å²) in [6.07, 6.45) is -0.555. The first-order chi connectivity index (χ1) is 8.08. The molecule has 1 fully saturated rings. The molecule has 2 amide bonds. The Labute approximate surface area is 103 Å². The monoisotopic (exact) mass is 254 g/mol. The summed E-state index contributed by atoms with van der Waals surface area (Å²) in [5.74, 6) is -0.317. The fraction of sp³-hybridized carbons (Fsp3) is 0.273. The van der Waals surface area contributed by atoms with Crippen LogP contribution in [0.4, 0.5) is 4.79 Å². The molecule has 0 aliphatic carbocycles. The fourth-order valence-electron chi connectivity index (χ4n) is 1.64. The Morgan fingerprint density at radius 2 is 2.12 bits per heavy atom. The second-order valence-corrected chi connectivity index (χ2v) is 4.12. The third-order valence-electron chi connectivity index (χ3n) is 2.41. The number of carbonyl (C=O) groups excluding carboxylic acids is 2. The Balaban J connectivity index is 2.22. The predicted molar refractivity (Wildman–Crippen MR) is 61.2 cm³/mol. The molecule has 1 aromatic rings. The zero-order valence-electron chi connectivity index (χ0n) is 9.14. The van der Waals surface area contributed by atoms with E-state index in [1.54, 1.807) is 24.3 Å². The van der Waals surface area contributed by atoms with Gasteiger partial charge in [0.05, 0.1) is 0 Å². The van der Waals surface area contributed by atoms with E-state index < -0.39 is 6.09 Å². The van der Waals surface area contributed by atoms with Gasteiger partial charge < -0.3 is 4.74 Å². The van der Waals surface area contributed by atoms with E-state index in [0.717, 1.165) is 5.56 Å². The molecule has 1 atom stereocenters. The van der Waals surface area contributed by atoms with E-state index in [1.165, 1.54) is 11.9 Å². The average molecular weight is 255 g/mol. The molecule has 0 bridgehead atoms. The second kappa shape index (κ2) is 4.63. The third kappa shape index (κ3) is 2.50. The van der Waals surface area contributed by atoms with Crippen LogP contribution in [0.1, 0.15) is 18.5 Å². The number of carbonyl (C=O) groups is 2. The van der Waals surface area contributed by atoms with Gasteiger partial charge in [-0.3, -0.25) is 10.2 Å². The van der Waals surface area contributed by atoms with Gasteiger partial charge in [-0.2, -0.15) is 0 Å². The molecule has 2 rings (SSSR count). The van der Waals surface area contributed by atoms with Crippen LogP contribution in [0.5, 0.6) is 0 Å². The quantitative estimate of drug-likeness (QED) is 0.877. The van der Waals surface area contributed by atoms with Gasteiger partial charge in [0, 0.05) is 11.9 Å². The molecule has 6 heteroatoms. The molecule has 90 valence electrons. The molecular weight excluding hydrogens is 244 g/mol. The molecule has 0 radical (unpaired) electrons. The highest BCUT2D eigenvalue weighted by molar-refractivity contribution is 6.30. The third-order valence-corrected chi connectivity index (χ3v) is 2.66. The minimum atomic E-state index is -0.555. The van der Waals surface area contributed by atoms with Crippen LogP contribution in [-0.4, -0.2) is 23.6 Å². The first-order valence-electron chi connectivity index (χ1n) is 5.06. The maximum Gasteiger partial charge on any atom is 0.429 e. The SMILES string of the molecule is CC(=O)NN1C(=O)OCC1c1ccc(Cl)cc1. The highest BCUT2D eigenvalue weighted by atomic mass is 35.5. The van der Waals surface area contributed by atoms with Crippen LogP contribution in [0.15, 0.2) is 24.3 Å². The maximum atomic E-state index is 11.4. The van der Waals surface area contributed by atoms with E-state index in [9.17, 15) is 9.59 Å². The van der Waals surface area contributed by atoms with Crippen LogP contribution in [0.25, 0.3) is 0 Å². The van der Waals surface area contributed by atoms with Gasteiger partial charge >= 0.3 is 6.09 Å². The Morgan fingerprint density at radius 1 is 1.47 bits per heavy atom. The van der Waals surface area contributed by atoms with Crippen molar-refractivity contribution in [2.24, 2.45) is 0 Å². The Morgan fingerprint density at radius 3 is 2.71 bits per heavy atom. The number of hydrogen-bond donors (Lipinski definition) is 1. The summed E-state index contributed by atoms with van der Waals surface area (Å²) in [5, 5.41) is 1.80. The van der Waals surface area contributed by atoms with Gasteiger partial charge in [0.15, 0.2) is 0 Å². The van der Waals surface area contributed by atoms with E-state index in [4.69, 9.17) is 16.3 Å². The number of amides is 2. The van der Waals surface area contributed by atoms with E-state index in [-0.39, 0.29) is 18.6 Å². The molecule has 0 spiro atoms. The van der Waals surface area contributed by atoms with Gasteiger partial charge in [-0.25, -0.2) is 9.80 Å². The van der Waals surface area contributed by atoms with Crippen LogP contribution in [0.3, 0.4) is 0 Å². The van der Waals surface area contributed by atoms with Crippen LogP contribution < -0.4 is 5.43 Å². The molecule has 1 aliphatic rings. The summed E-state index contributed by atoms with van der Waals surface area (Å²) in [6, 6.07) is 6.73. The van der Waals surface area contributed by atoms with Gasteiger partial charge in [-0.05, 0) is 17.7 Å². The highest BCUT2D eigenvalue weighted by Gasteiger charge is 2.34. The molecule has 17 heavy (non-hydrogen) atoms. The van der Waals surface area contributed by atoms with Crippen molar-refractivity contribution in [1.82, 2.24) is 10.4 Å². The topological polar surface area (TPSA) is 58.6 Å². The molecule has 1 unspecified atom stereocenters. The van der Waals surface area contributed by atoms with Crippen LogP contribution in [0, 0.1) is 0 Å². The van der Waals surface area contributed by atoms with Gasteiger partial charge in [0.25, 0.3) is 0 Å². The molecule has 1 aromatic carbocycles. The molecule has 1 heterocycles. The Bertz CT molecular complexity index is 447. The first kappa shape index (κ1) is 11.7. The number of hydrogen-bond acceptors (Lipinski definition) is 3. The standard InChI is InChI=1S/C11H11ClN2O3/c1-7(15)13-14-10(6-17-11(14)16)8-2-4-9(12)5-3-8/h2-5,10H,6H2,1H3,(H,13,15). The van der Waals surface area contributed by atoms with Crippen molar-refractivity contribution in [2.75, 3.05) is 6.61 Å². The average Bonchev–Trinajstić information content (AvgIpc) is 2.61. The normalized spacial score (nSPS) is 19.1. The van der Waals surface area contributed by atoms with Gasteiger partial charge in [-0.1, -0.05) is 23.7 Å². The number of nitrogens with one attached hydrogen (secondary N) is 1. The minimum Gasteiger partial charge on any atom is -0.446 e. The summed E-state index contributed by atoms with van der Waals surface area (Å²) < 4.78 is 4.90. The number of hydrazine groups is 1. The van der Waals surface area contributed by atoms with E-state index >= 15 is 0 Å². The van der Waals surface area contributed by atoms with Crippen molar-refractivity contribution >= 4 is 23.6 Å². The second-order valence-electron chi connectivity index (χ2n) is 3.68. The lowest BCUT2D eigenvalue weighted by molar-refractivity contribution is -0.123. The van der Waals surface area contributed by atoms with E-state index in [0.29, 0.717) is 5.02 Å². The van der Waals surface area contributed by atoms with Gasteiger partial charge in [0.2, 0.25) is 5.91 Å². The molecule has 1 saturated heterocycles. The van der Waals surface area contributed by atoms with Crippen molar-refractivity contribution in [3.63, 3.8) is 0 Å². The van der Waals surface area contributed by atoms with Crippen molar-refractivity contribution < 1.29 is 14.3 Å². The molecule has 5 nitrogen and oxygen atoms in total. The Kier molecular flexibility index (Phi) is 3.19. The zero-order valence-corrected chi connectivity index (χ0v) is 9.90. The van der Waals surface area contributed by atoms with E-state index in [1.807, 2.05) is 0 Å². The highest BCUT2D eigenvalue weighted by Crippen LogP contribution is 2.26. The van der Waals surface area contributed by atoms with Crippen LogP contribution in [-0.2, 0) is 9.53 Å². The zero-order chi connectivity index (χ0) is 12.4. The first-order valence-corrected chi connectivity index (χ1v) is 5.44. The molecule has 1 N–H and O–H groups in total. The van der Waals surface area contributed by atoms with Gasteiger partial charge in [-0.15, -0.1) is 0 Å². The largest absolute Gasteiger partial charge is 0.446 e. The lowest BCUT2D eigenvalue weighted by atomic mass is 10.1. The number of nitrogens with zero attached hydrogens (tertiary/aromatic N) is 1. The molecule has 0 saturated carbocycles. The maximum absolute atomic E-state index is 11.4. The number of halogens is 1. The summed E-state index contributed by atoms with van der Waals surface area (Å²) >= 11 is 5.79. The van der Waals surface area contributed by atoms with Crippen molar-refractivity contribution in [3.8, 4) is 0 Å². The van der Waals surface area contributed by atoms with Crippen LogP contribution >= 0.6 is 11.6 Å². The Hall–Kier alpha value is -1.75. The fourth-order valence-corrected chi connectivity index (χ4v) is 1.77. The summed E-state index contributed by atoms with van der Waals surface area (Å²) in [4.78, 5) is 22.4. The summed E-state index contributed by atoms with van der Waals surface area (Å²) in [5.41, 5.74) is 3.30. The smallest absolute Gasteiger partial charge is 0.429 e.